The van der Waals surface area contributed by atoms with Gasteiger partial charge < -0.3 is 14.1 Å². The summed E-state index contributed by atoms with van der Waals surface area (Å²) in [6.45, 7) is 2.81. The number of hydrogen-bond acceptors (Lipinski definition) is 6. The molecule has 172 valence electrons. The molecule has 2 atom stereocenters. The summed E-state index contributed by atoms with van der Waals surface area (Å²) in [6.07, 6.45) is 2.46. The number of hydrogen-bond donors (Lipinski definition) is 1. The fraction of sp³-hybridized carbons (Fsp3) is 0.280. The van der Waals surface area contributed by atoms with Gasteiger partial charge in [0.2, 0.25) is 5.88 Å². The molecule has 2 aliphatic rings. The molecule has 1 aromatic carbocycles. The molecule has 0 saturated carbocycles. The lowest BCUT2D eigenvalue weighted by Crippen LogP contribution is -2.47. The molecule has 0 aliphatic carbocycles. The molecule has 1 amide bonds. The van der Waals surface area contributed by atoms with Crippen molar-refractivity contribution in [2.24, 2.45) is 16.1 Å². The number of carbonyl (C=O) groups is 1. The molecule has 1 N–H and O–H groups in total. The van der Waals surface area contributed by atoms with Gasteiger partial charge >= 0.3 is 5.91 Å². The van der Waals surface area contributed by atoms with Crippen LogP contribution in [0.4, 0.5) is 5.69 Å². The highest BCUT2D eigenvalue weighted by Crippen LogP contribution is 2.40. The van der Waals surface area contributed by atoms with Crippen molar-refractivity contribution >= 4 is 22.5 Å². The van der Waals surface area contributed by atoms with Crippen LogP contribution >= 0.6 is 0 Å². The van der Waals surface area contributed by atoms with Crippen LogP contribution in [0.3, 0.4) is 0 Å². The quantitative estimate of drug-likeness (QED) is 0.465. The van der Waals surface area contributed by atoms with Crippen molar-refractivity contribution in [3.05, 3.63) is 82.7 Å². The molecule has 2 aliphatic heterocycles. The van der Waals surface area contributed by atoms with E-state index in [2.05, 4.69) is 15.1 Å². The van der Waals surface area contributed by atoms with Crippen LogP contribution < -0.4 is 5.56 Å². The van der Waals surface area contributed by atoms with Gasteiger partial charge in [0, 0.05) is 42.7 Å². The van der Waals surface area contributed by atoms with E-state index in [9.17, 15) is 14.7 Å². The Morgan fingerprint density at radius 2 is 1.94 bits per heavy atom. The Labute approximate surface area is 194 Å². The molecule has 2 bridgehead atoms. The van der Waals surface area contributed by atoms with Crippen LogP contribution in [0.1, 0.15) is 28.6 Å². The van der Waals surface area contributed by atoms with E-state index in [0.717, 1.165) is 37.3 Å². The summed E-state index contributed by atoms with van der Waals surface area (Å²) >= 11 is 0. The second-order valence-corrected chi connectivity index (χ2v) is 8.98. The van der Waals surface area contributed by atoms with E-state index < -0.39 is 5.91 Å². The van der Waals surface area contributed by atoms with Crippen LogP contribution in [0, 0.1) is 5.92 Å². The maximum absolute atomic E-state index is 12.3. The zero-order chi connectivity index (χ0) is 23.2. The third-order valence-corrected chi connectivity index (χ3v) is 6.79. The van der Waals surface area contributed by atoms with Crippen molar-refractivity contribution in [3.8, 4) is 5.88 Å². The highest BCUT2D eigenvalue weighted by Gasteiger charge is 2.35. The fourth-order valence-electron chi connectivity index (χ4n) is 5.37. The van der Waals surface area contributed by atoms with Gasteiger partial charge in [-0.2, -0.15) is 0 Å². The van der Waals surface area contributed by atoms with Crippen LogP contribution in [0.2, 0.25) is 0 Å². The summed E-state index contributed by atoms with van der Waals surface area (Å²) < 4.78 is 8.79. The Hall–Kier alpha value is -3.98. The molecule has 34 heavy (non-hydrogen) atoms. The Balaban J connectivity index is 1.31. The number of pyridine rings is 1. The molecule has 9 nitrogen and oxygen atoms in total. The third-order valence-electron chi connectivity index (χ3n) is 6.79. The third kappa shape index (κ3) is 3.45. The zero-order valence-corrected chi connectivity index (χ0v) is 18.4. The van der Waals surface area contributed by atoms with Crippen molar-refractivity contribution in [3.63, 3.8) is 0 Å². The summed E-state index contributed by atoms with van der Waals surface area (Å²) in [4.78, 5) is 26.8. The molecule has 9 heteroatoms. The number of piperidine rings is 1. The summed E-state index contributed by atoms with van der Waals surface area (Å²) in [6, 6.07) is 16.2. The summed E-state index contributed by atoms with van der Waals surface area (Å²) in [5.41, 5.74) is 2.21. The number of likely N-dealkylation sites (tertiary alicyclic amines) is 1. The molecule has 0 radical (unpaired) electrons. The lowest BCUT2D eigenvalue weighted by atomic mass is 9.83. The van der Waals surface area contributed by atoms with Gasteiger partial charge in [-0.05, 0) is 36.6 Å². The minimum Gasteiger partial charge on any atom is -0.493 e. The summed E-state index contributed by atoms with van der Waals surface area (Å²) in [5, 5.41) is 19.6. The van der Waals surface area contributed by atoms with E-state index in [4.69, 9.17) is 4.42 Å². The number of azo groups is 1. The average Bonchev–Trinajstić information content (AvgIpc) is 3.46. The van der Waals surface area contributed by atoms with Crippen LogP contribution in [0.5, 0.6) is 5.88 Å². The van der Waals surface area contributed by atoms with Crippen LogP contribution in [0.15, 0.2) is 80.3 Å². The van der Waals surface area contributed by atoms with Crippen LogP contribution in [0.25, 0.3) is 10.9 Å². The molecule has 4 aromatic rings. The largest absolute Gasteiger partial charge is 0.493 e. The van der Waals surface area contributed by atoms with Gasteiger partial charge in [0.1, 0.15) is 0 Å². The lowest BCUT2D eigenvalue weighted by molar-refractivity contribution is 0.0922. The Kier molecular flexibility index (Phi) is 4.91. The van der Waals surface area contributed by atoms with Crippen LogP contribution in [-0.4, -0.2) is 38.1 Å². The number of carbonyl (C=O) groups excluding carboxylic acids is 1. The number of fused-ring (bicyclic) bond motifs is 5. The molecular formula is C25H23N5O4. The highest BCUT2D eigenvalue weighted by molar-refractivity contribution is 5.96. The van der Waals surface area contributed by atoms with Crippen molar-refractivity contribution in [1.29, 1.82) is 0 Å². The van der Waals surface area contributed by atoms with E-state index in [-0.39, 0.29) is 28.8 Å². The molecule has 0 spiro atoms. The summed E-state index contributed by atoms with van der Waals surface area (Å²) in [5.74, 6) is 0.0885. The molecule has 1 fully saturated rings. The number of amides is 1. The number of furan rings is 1. The normalized spacial score (nSPS) is 20.1. The van der Waals surface area contributed by atoms with E-state index in [1.165, 1.54) is 12.3 Å². The Morgan fingerprint density at radius 3 is 2.79 bits per heavy atom. The molecular weight excluding hydrogens is 434 g/mol. The van der Waals surface area contributed by atoms with Crippen molar-refractivity contribution in [2.75, 3.05) is 13.1 Å². The number of benzene rings is 1. The molecule has 5 heterocycles. The number of nitrogens with zero attached hydrogens (tertiary/aromatic N) is 5. The van der Waals surface area contributed by atoms with E-state index in [0.29, 0.717) is 18.0 Å². The first-order chi connectivity index (χ1) is 16.6. The number of rotatable bonds is 4. The predicted octanol–water partition coefficient (Wildman–Crippen LogP) is 4.10. The zero-order valence-electron chi connectivity index (χ0n) is 18.4. The van der Waals surface area contributed by atoms with E-state index >= 15 is 0 Å². The smallest absolute Gasteiger partial charge is 0.331 e. The monoisotopic (exact) mass is 457 g/mol. The van der Waals surface area contributed by atoms with Crippen molar-refractivity contribution in [1.82, 2.24) is 14.0 Å². The molecule has 0 unspecified atom stereocenters. The fourth-order valence-corrected chi connectivity index (χ4v) is 5.37. The van der Waals surface area contributed by atoms with Gasteiger partial charge in [0.05, 0.1) is 18.4 Å². The standard InChI is InChI=1S/C25H23N5O4/c31-22-9-3-7-19-17-11-16(13-29(19)22)12-28(14-17)15-30-20-6-2-1-5-18(20)23(25(30)33)26-27-24(32)21-8-4-10-34-21/h1-10,16-17,33H,11-15H2/t16-,17-/m1/s1. The minimum absolute atomic E-state index is 0.0375. The first kappa shape index (κ1) is 20.6. The van der Waals surface area contributed by atoms with Gasteiger partial charge in [0.25, 0.3) is 5.56 Å². The number of para-hydroxylation sites is 1. The average molecular weight is 457 g/mol. The SMILES string of the molecule is O=C(N=Nc1c(O)n(CN2C[C@H]3C[C@H](C2)c2cccc(=O)n2C3)c2ccccc12)c1ccco1. The van der Waals surface area contributed by atoms with E-state index in [1.807, 2.05) is 41.0 Å². The van der Waals surface area contributed by atoms with Gasteiger partial charge in [-0.15, -0.1) is 10.2 Å². The second kappa shape index (κ2) is 8.11. The minimum atomic E-state index is -0.612. The van der Waals surface area contributed by atoms with Gasteiger partial charge in [-0.25, -0.2) is 0 Å². The predicted molar refractivity (Wildman–Crippen MR) is 124 cm³/mol. The first-order valence-electron chi connectivity index (χ1n) is 11.3. The maximum Gasteiger partial charge on any atom is 0.331 e. The molecule has 1 saturated heterocycles. The highest BCUT2D eigenvalue weighted by atomic mass is 16.3. The molecule has 3 aromatic heterocycles. The van der Waals surface area contributed by atoms with Crippen LogP contribution in [-0.2, 0) is 13.2 Å². The first-order valence-corrected chi connectivity index (χ1v) is 11.3. The van der Waals surface area contributed by atoms with Gasteiger partial charge in [-0.1, -0.05) is 24.3 Å². The van der Waals surface area contributed by atoms with Crippen molar-refractivity contribution in [2.45, 2.75) is 25.6 Å². The topological polar surface area (TPSA) is 105 Å². The molecule has 6 rings (SSSR count). The van der Waals surface area contributed by atoms with Crippen molar-refractivity contribution < 1.29 is 14.3 Å². The Bertz CT molecular complexity index is 1470. The second-order valence-electron chi connectivity index (χ2n) is 8.98. The summed E-state index contributed by atoms with van der Waals surface area (Å²) in [7, 11) is 0. The maximum atomic E-state index is 12.3. The van der Waals surface area contributed by atoms with Gasteiger partial charge in [-0.3, -0.25) is 19.1 Å². The number of aromatic nitrogens is 2. The lowest BCUT2D eigenvalue weighted by Gasteiger charge is -2.42. The van der Waals surface area contributed by atoms with Gasteiger partial charge in [0.15, 0.2) is 11.4 Å². The number of aromatic hydroxyl groups is 1. The van der Waals surface area contributed by atoms with E-state index in [1.54, 1.807) is 16.7 Å². The Morgan fingerprint density at radius 1 is 1.06 bits per heavy atom.